The number of rotatable bonds is 3. The van der Waals surface area contributed by atoms with Crippen LogP contribution in [0.2, 0.25) is 0 Å². The van der Waals surface area contributed by atoms with Crippen LogP contribution in [0, 0.1) is 11.3 Å². The van der Waals surface area contributed by atoms with Crippen molar-refractivity contribution in [1.29, 1.82) is 5.26 Å². The number of nitriles is 1. The molecule has 1 aliphatic rings. The molecule has 0 radical (unpaired) electrons. The van der Waals surface area contributed by atoms with E-state index in [4.69, 9.17) is 10.00 Å². The third-order valence-electron chi connectivity index (χ3n) is 3.89. The number of ether oxygens (including phenoxy) is 1. The molecule has 0 aliphatic carbocycles. The topological polar surface area (TPSA) is 92.4 Å². The van der Waals surface area contributed by atoms with Gasteiger partial charge in [-0.3, -0.25) is 4.68 Å². The average molecular weight is 280 g/mol. The van der Waals surface area contributed by atoms with Crippen LogP contribution in [0.3, 0.4) is 0 Å². The summed E-state index contributed by atoms with van der Waals surface area (Å²) in [6.07, 6.45) is 7.70. The lowest BCUT2D eigenvalue weighted by molar-refractivity contribution is -0.104. The molecule has 7 nitrogen and oxygen atoms in total. The number of fused-ring (bicyclic) bond motifs is 1. The summed E-state index contributed by atoms with van der Waals surface area (Å²) in [4.78, 5) is 3.05. The molecule has 0 saturated carbocycles. The Bertz CT molecular complexity index is 838. The Balaban J connectivity index is 1.78. The Morgan fingerprint density at radius 1 is 1.43 bits per heavy atom. The Labute approximate surface area is 120 Å². The Morgan fingerprint density at radius 3 is 3.10 bits per heavy atom. The van der Waals surface area contributed by atoms with E-state index >= 15 is 0 Å². The fraction of sp³-hybridized carbons (Fsp3) is 0.286. The minimum Gasteiger partial charge on any atom is -0.376 e. The van der Waals surface area contributed by atoms with Gasteiger partial charge < -0.3 is 9.72 Å². The molecular weight excluding hydrogens is 268 g/mol. The SMILES string of the molecule is N#CCC1(n2cc(-c3cnnc4[nH]ccc34)cn2)COC1. The van der Waals surface area contributed by atoms with E-state index in [0.717, 1.165) is 22.2 Å². The highest BCUT2D eigenvalue weighted by Crippen LogP contribution is 2.32. The Kier molecular flexibility index (Phi) is 2.52. The van der Waals surface area contributed by atoms with Crippen molar-refractivity contribution in [2.45, 2.75) is 12.0 Å². The lowest BCUT2D eigenvalue weighted by atomic mass is 9.94. The molecule has 0 spiro atoms. The monoisotopic (exact) mass is 280 g/mol. The smallest absolute Gasteiger partial charge is 0.160 e. The zero-order valence-corrected chi connectivity index (χ0v) is 11.2. The maximum atomic E-state index is 9.00. The van der Waals surface area contributed by atoms with Crippen molar-refractivity contribution in [2.24, 2.45) is 0 Å². The molecule has 1 N–H and O–H groups in total. The van der Waals surface area contributed by atoms with Crippen LogP contribution in [0.25, 0.3) is 22.2 Å². The van der Waals surface area contributed by atoms with Gasteiger partial charge in [0.25, 0.3) is 0 Å². The predicted molar refractivity (Wildman–Crippen MR) is 74.1 cm³/mol. The van der Waals surface area contributed by atoms with E-state index in [1.165, 1.54) is 0 Å². The Morgan fingerprint density at radius 2 is 2.33 bits per heavy atom. The van der Waals surface area contributed by atoms with Crippen LogP contribution in [-0.4, -0.2) is 38.2 Å². The van der Waals surface area contributed by atoms with Crippen LogP contribution in [0.5, 0.6) is 0 Å². The average Bonchev–Trinajstić information content (AvgIpc) is 3.11. The molecule has 3 aromatic heterocycles. The van der Waals surface area contributed by atoms with E-state index in [9.17, 15) is 0 Å². The zero-order valence-electron chi connectivity index (χ0n) is 11.2. The van der Waals surface area contributed by atoms with Crippen LogP contribution in [0.4, 0.5) is 0 Å². The highest BCUT2D eigenvalue weighted by molar-refractivity contribution is 5.91. The molecular formula is C14H12N6O. The number of hydrogen-bond acceptors (Lipinski definition) is 5. The maximum Gasteiger partial charge on any atom is 0.160 e. The lowest BCUT2D eigenvalue weighted by Crippen LogP contribution is -2.51. The van der Waals surface area contributed by atoms with Crippen molar-refractivity contribution in [2.75, 3.05) is 13.2 Å². The van der Waals surface area contributed by atoms with Crippen molar-refractivity contribution in [3.63, 3.8) is 0 Å². The van der Waals surface area contributed by atoms with Gasteiger partial charge in [0.1, 0.15) is 5.54 Å². The predicted octanol–water partition coefficient (Wildman–Crippen LogP) is 1.46. The van der Waals surface area contributed by atoms with Crippen LogP contribution in [-0.2, 0) is 10.3 Å². The van der Waals surface area contributed by atoms with E-state index in [2.05, 4.69) is 26.3 Å². The number of hydrogen-bond donors (Lipinski definition) is 1. The van der Waals surface area contributed by atoms with Gasteiger partial charge in [-0.2, -0.15) is 15.5 Å². The summed E-state index contributed by atoms with van der Waals surface area (Å²) < 4.78 is 7.12. The molecule has 7 heteroatoms. The maximum absolute atomic E-state index is 9.00. The normalized spacial score (nSPS) is 16.5. The fourth-order valence-corrected chi connectivity index (χ4v) is 2.63. The standard InChI is InChI=1S/C14H12N6O/c15-3-2-14(8-21-9-14)20-7-10(5-18-20)12-6-17-19-13-11(12)1-4-16-13/h1,4-7H,2,8-9H2,(H,16,19). The molecule has 21 heavy (non-hydrogen) atoms. The zero-order chi connectivity index (χ0) is 14.3. The molecule has 104 valence electrons. The summed E-state index contributed by atoms with van der Waals surface area (Å²) in [5, 5.41) is 22.5. The van der Waals surface area contributed by atoms with E-state index in [1.807, 2.05) is 23.1 Å². The molecule has 4 heterocycles. The van der Waals surface area contributed by atoms with Crippen molar-refractivity contribution in [1.82, 2.24) is 25.0 Å². The molecule has 0 amide bonds. The highest BCUT2D eigenvalue weighted by Gasteiger charge is 2.41. The summed E-state index contributed by atoms with van der Waals surface area (Å²) in [7, 11) is 0. The molecule has 0 bridgehead atoms. The summed E-state index contributed by atoms with van der Waals surface area (Å²) >= 11 is 0. The summed E-state index contributed by atoms with van der Waals surface area (Å²) in [5.74, 6) is 0. The van der Waals surface area contributed by atoms with Crippen LogP contribution in [0.1, 0.15) is 6.42 Å². The molecule has 0 unspecified atom stereocenters. The summed E-state index contributed by atoms with van der Waals surface area (Å²) in [6, 6.07) is 4.18. The van der Waals surface area contributed by atoms with Crippen LogP contribution in [0.15, 0.2) is 30.9 Å². The van der Waals surface area contributed by atoms with Gasteiger partial charge in [0, 0.05) is 28.9 Å². The van der Waals surface area contributed by atoms with E-state index in [1.54, 1.807) is 12.4 Å². The van der Waals surface area contributed by atoms with Crippen LogP contribution >= 0.6 is 0 Å². The summed E-state index contributed by atoms with van der Waals surface area (Å²) in [5.41, 5.74) is 2.35. The van der Waals surface area contributed by atoms with Gasteiger partial charge in [0.05, 0.1) is 38.1 Å². The van der Waals surface area contributed by atoms with Crippen molar-refractivity contribution >= 4 is 11.0 Å². The molecule has 0 atom stereocenters. The van der Waals surface area contributed by atoms with Gasteiger partial charge in [-0.05, 0) is 6.07 Å². The van der Waals surface area contributed by atoms with Gasteiger partial charge in [-0.25, -0.2) is 0 Å². The third kappa shape index (κ3) is 1.73. The second-order valence-corrected chi connectivity index (χ2v) is 5.22. The highest BCUT2D eigenvalue weighted by atomic mass is 16.5. The lowest BCUT2D eigenvalue weighted by Gasteiger charge is -2.39. The molecule has 1 saturated heterocycles. The van der Waals surface area contributed by atoms with Gasteiger partial charge in [-0.1, -0.05) is 0 Å². The number of aromatic amines is 1. The number of aromatic nitrogens is 5. The molecule has 1 fully saturated rings. The minimum atomic E-state index is -0.329. The second kappa shape index (κ2) is 4.40. The van der Waals surface area contributed by atoms with Crippen molar-refractivity contribution < 1.29 is 4.74 Å². The van der Waals surface area contributed by atoms with Crippen LogP contribution < -0.4 is 0 Å². The molecule has 3 aromatic rings. The largest absolute Gasteiger partial charge is 0.376 e. The Hall–Kier alpha value is -2.72. The first-order valence-corrected chi connectivity index (χ1v) is 6.61. The first-order chi connectivity index (χ1) is 10.3. The number of H-pyrrole nitrogens is 1. The number of nitrogens with zero attached hydrogens (tertiary/aromatic N) is 5. The number of nitrogens with one attached hydrogen (secondary N) is 1. The van der Waals surface area contributed by atoms with Crippen molar-refractivity contribution in [3.8, 4) is 17.2 Å². The van der Waals surface area contributed by atoms with E-state index < -0.39 is 0 Å². The third-order valence-corrected chi connectivity index (χ3v) is 3.89. The quantitative estimate of drug-likeness (QED) is 0.784. The van der Waals surface area contributed by atoms with Gasteiger partial charge in [0.15, 0.2) is 5.65 Å². The van der Waals surface area contributed by atoms with Gasteiger partial charge in [-0.15, -0.1) is 5.10 Å². The van der Waals surface area contributed by atoms with Crippen molar-refractivity contribution in [3.05, 3.63) is 30.9 Å². The minimum absolute atomic E-state index is 0.329. The fourth-order valence-electron chi connectivity index (χ4n) is 2.63. The molecule has 4 rings (SSSR count). The van der Waals surface area contributed by atoms with Gasteiger partial charge in [0.2, 0.25) is 0 Å². The summed E-state index contributed by atoms with van der Waals surface area (Å²) in [6.45, 7) is 1.05. The van der Waals surface area contributed by atoms with Gasteiger partial charge >= 0.3 is 0 Å². The second-order valence-electron chi connectivity index (χ2n) is 5.22. The first kappa shape index (κ1) is 12.1. The first-order valence-electron chi connectivity index (χ1n) is 6.61. The molecule has 0 aromatic carbocycles. The van der Waals surface area contributed by atoms with E-state index in [-0.39, 0.29) is 5.54 Å². The molecule has 1 aliphatic heterocycles. The van der Waals surface area contributed by atoms with E-state index in [0.29, 0.717) is 19.6 Å².